The number of nitrogens with zero attached hydrogens (tertiary/aromatic N) is 5. The second-order valence-electron chi connectivity index (χ2n) is 5.75. The van der Waals surface area contributed by atoms with Gasteiger partial charge in [0.05, 0.1) is 19.3 Å². The Kier molecular flexibility index (Phi) is 4.82. The van der Waals surface area contributed by atoms with Crippen molar-refractivity contribution in [3.63, 3.8) is 0 Å². The van der Waals surface area contributed by atoms with Gasteiger partial charge in [0, 0.05) is 39.1 Å². The molecule has 116 valence electrons. The number of likely N-dealkylation sites (tertiary alicyclic amines) is 1. The summed E-state index contributed by atoms with van der Waals surface area (Å²) in [6, 6.07) is 0. The summed E-state index contributed by atoms with van der Waals surface area (Å²) in [5, 5.41) is 4.12. The van der Waals surface area contributed by atoms with Gasteiger partial charge in [0.25, 0.3) is 0 Å². The van der Waals surface area contributed by atoms with Crippen molar-refractivity contribution in [1.82, 2.24) is 24.6 Å². The number of amides is 1. The van der Waals surface area contributed by atoms with E-state index in [1.807, 2.05) is 9.58 Å². The lowest BCUT2D eigenvalue weighted by Crippen LogP contribution is -2.45. The van der Waals surface area contributed by atoms with Crippen molar-refractivity contribution in [3.8, 4) is 0 Å². The van der Waals surface area contributed by atoms with Crippen LogP contribution in [0.4, 0.5) is 0 Å². The zero-order chi connectivity index (χ0) is 14.5. The van der Waals surface area contributed by atoms with Gasteiger partial charge in [-0.05, 0) is 12.8 Å². The number of ether oxygens (including phenoxy) is 1. The quantitative estimate of drug-likeness (QED) is 0.738. The van der Waals surface area contributed by atoms with Gasteiger partial charge < -0.3 is 9.64 Å². The second kappa shape index (κ2) is 7.00. The molecule has 0 N–H and O–H groups in total. The molecule has 3 heterocycles. The predicted octanol–water partition coefficient (Wildman–Crippen LogP) is -0.00860. The van der Waals surface area contributed by atoms with Crippen LogP contribution in [0.3, 0.4) is 0 Å². The number of carbonyl (C=O) groups is 1. The van der Waals surface area contributed by atoms with Crippen molar-refractivity contribution in [3.05, 3.63) is 12.7 Å². The zero-order valence-corrected chi connectivity index (χ0v) is 12.4. The Morgan fingerprint density at radius 1 is 1.33 bits per heavy atom. The molecule has 1 atom stereocenters. The first-order chi connectivity index (χ1) is 10.3. The van der Waals surface area contributed by atoms with Gasteiger partial charge in [-0.3, -0.25) is 14.4 Å². The molecule has 1 aromatic heterocycles. The van der Waals surface area contributed by atoms with Crippen molar-refractivity contribution in [2.75, 3.05) is 39.3 Å². The minimum absolute atomic E-state index is 0.175. The highest BCUT2D eigenvalue weighted by atomic mass is 16.5. The van der Waals surface area contributed by atoms with E-state index in [9.17, 15) is 4.79 Å². The van der Waals surface area contributed by atoms with E-state index in [4.69, 9.17) is 4.74 Å². The highest BCUT2D eigenvalue weighted by molar-refractivity contribution is 5.77. The topological polar surface area (TPSA) is 63.5 Å². The van der Waals surface area contributed by atoms with Crippen LogP contribution in [0.15, 0.2) is 12.7 Å². The lowest BCUT2D eigenvalue weighted by atomic mass is 10.2. The Bertz CT molecular complexity index is 450. The maximum Gasteiger partial charge on any atom is 0.222 e. The Morgan fingerprint density at radius 3 is 3.05 bits per heavy atom. The van der Waals surface area contributed by atoms with E-state index in [1.165, 1.54) is 0 Å². The fourth-order valence-electron chi connectivity index (χ4n) is 3.06. The number of morpholine rings is 1. The average Bonchev–Trinajstić information content (AvgIpc) is 3.12. The summed E-state index contributed by atoms with van der Waals surface area (Å²) >= 11 is 0. The van der Waals surface area contributed by atoms with Gasteiger partial charge in [-0.2, -0.15) is 5.10 Å². The van der Waals surface area contributed by atoms with Gasteiger partial charge in [-0.25, -0.2) is 4.98 Å². The Morgan fingerprint density at radius 2 is 2.29 bits per heavy atom. The van der Waals surface area contributed by atoms with E-state index in [1.54, 1.807) is 12.7 Å². The highest BCUT2D eigenvalue weighted by Crippen LogP contribution is 2.11. The summed E-state index contributed by atoms with van der Waals surface area (Å²) in [4.78, 5) is 19.9. The highest BCUT2D eigenvalue weighted by Gasteiger charge is 2.22. The molecule has 2 fully saturated rings. The minimum atomic E-state index is 0.175. The number of rotatable bonds is 6. The molecule has 3 rings (SSSR count). The van der Waals surface area contributed by atoms with Gasteiger partial charge in [0.15, 0.2) is 0 Å². The summed E-state index contributed by atoms with van der Waals surface area (Å²) < 4.78 is 7.60. The third-order valence-electron chi connectivity index (χ3n) is 4.15. The lowest BCUT2D eigenvalue weighted by Gasteiger charge is -2.33. The van der Waals surface area contributed by atoms with Crippen LogP contribution in [0.25, 0.3) is 0 Å². The van der Waals surface area contributed by atoms with Crippen LogP contribution in [0.2, 0.25) is 0 Å². The van der Waals surface area contributed by atoms with E-state index in [2.05, 4.69) is 15.0 Å². The summed E-state index contributed by atoms with van der Waals surface area (Å²) in [5.74, 6) is 0.320. The molecule has 0 saturated carbocycles. The lowest BCUT2D eigenvalue weighted by molar-refractivity contribution is -0.127. The molecule has 0 spiro atoms. The average molecular weight is 293 g/mol. The minimum Gasteiger partial charge on any atom is -0.374 e. The van der Waals surface area contributed by atoms with Crippen LogP contribution in [0, 0.1) is 0 Å². The molecule has 7 heteroatoms. The van der Waals surface area contributed by atoms with Crippen LogP contribution in [-0.2, 0) is 16.1 Å². The predicted molar refractivity (Wildman–Crippen MR) is 76.6 cm³/mol. The van der Waals surface area contributed by atoms with Crippen LogP contribution < -0.4 is 0 Å². The summed E-state index contributed by atoms with van der Waals surface area (Å²) in [5.41, 5.74) is 0. The molecule has 21 heavy (non-hydrogen) atoms. The van der Waals surface area contributed by atoms with Gasteiger partial charge in [-0.15, -0.1) is 0 Å². The molecule has 0 aliphatic carbocycles. The number of hydrogen-bond donors (Lipinski definition) is 0. The second-order valence-corrected chi connectivity index (χ2v) is 5.75. The van der Waals surface area contributed by atoms with Crippen molar-refractivity contribution < 1.29 is 9.53 Å². The van der Waals surface area contributed by atoms with E-state index in [0.717, 1.165) is 65.1 Å². The molecule has 0 radical (unpaired) electrons. The van der Waals surface area contributed by atoms with Crippen LogP contribution in [-0.4, -0.2) is 75.9 Å². The number of carbonyl (C=O) groups excluding carboxylic acids is 1. The molecule has 2 aliphatic rings. The van der Waals surface area contributed by atoms with Gasteiger partial charge in [-0.1, -0.05) is 0 Å². The fraction of sp³-hybridized carbons (Fsp3) is 0.786. The SMILES string of the molecule is O=C1CCCN1CCCN1CCO[C@@H](Cn2cncn2)C1. The zero-order valence-electron chi connectivity index (χ0n) is 12.4. The molecule has 0 bridgehead atoms. The third kappa shape index (κ3) is 4.01. The maximum absolute atomic E-state index is 11.6. The largest absolute Gasteiger partial charge is 0.374 e. The first kappa shape index (κ1) is 14.5. The first-order valence-corrected chi connectivity index (χ1v) is 7.75. The van der Waals surface area contributed by atoms with Gasteiger partial charge in [0.2, 0.25) is 5.91 Å². The number of aromatic nitrogens is 3. The Labute approximate surface area is 124 Å². The molecular formula is C14H23N5O2. The van der Waals surface area contributed by atoms with E-state index in [-0.39, 0.29) is 6.10 Å². The molecule has 2 saturated heterocycles. The normalized spacial score (nSPS) is 23.9. The van der Waals surface area contributed by atoms with Gasteiger partial charge >= 0.3 is 0 Å². The molecule has 1 amide bonds. The van der Waals surface area contributed by atoms with Crippen molar-refractivity contribution >= 4 is 5.91 Å². The molecule has 0 unspecified atom stereocenters. The third-order valence-corrected chi connectivity index (χ3v) is 4.15. The van der Waals surface area contributed by atoms with Crippen molar-refractivity contribution in [1.29, 1.82) is 0 Å². The Hall–Kier alpha value is -1.47. The van der Waals surface area contributed by atoms with Crippen molar-refractivity contribution in [2.24, 2.45) is 0 Å². The molecule has 2 aliphatic heterocycles. The standard InChI is InChI=1S/C14H23N5O2/c20-14-3-1-5-18(14)6-2-4-17-7-8-21-13(9-17)10-19-12-15-11-16-19/h11-13H,1-10H2/t13-/m1/s1. The monoisotopic (exact) mass is 293 g/mol. The molecule has 1 aromatic rings. The number of hydrogen-bond acceptors (Lipinski definition) is 5. The van der Waals surface area contributed by atoms with Crippen LogP contribution in [0.5, 0.6) is 0 Å². The van der Waals surface area contributed by atoms with E-state index >= 15 is 0 Å². The van der Waals surface area contributed by atoms with Crippen LogP contribution >= 0.6 is 0 Å². The van der Waals surface area contributed by atoms with Crippen LogP contribution in [0.1, 0.15) is 19.3 Å². The summed E-state index contributed by atoms with van der Waals surface area (Å²) in [6.45, 7) is 6.28. The molecule has 7 nitrogen and oxygen atoms in total. The Balaban J connectivity index is 1.38. The molecule has 0 aromatic carbocycles. The smallest absolute Gasteiger partial charge is 0.222 e. The fourth-order valence-corrected chi connectivity index (χ4v) is 3.06. The summed E-state index contributed by atoms with van der Waals surface area (Å²) in [7, 11) is 0. The van der Waals surface area contributed by atoms with Crippen molar-refractivity contribution in [2.45, 2.75) is 31.9 Å². The molecular weight excluding hydrogens is 270 g/mol. The van der Waals surface area contributed by atoms with E-state index in [0.29, 0.717) is 5.91 Å². The maximum atomic E-state index is 11.6. The van der Waals surface area contributed by atoms with E-state index < -0.39 is 0 Å². The summed E-state index contributed by atoms with van der Waals surface area (Å²) in [6.07, 6.45) is 6.25. The first-order valence-electron chi connectivity index (χ1n) is 7.75. The van der Waals surface area contributed by atoms with Gasteiger partial charge in [0.1, 0.15) is 12.7 Å².